The van der Waals surface area contributed by atoms with E-state index in [-0.39, 0.29) is 11.3 Å². The van der Waals surface area contributed by atoms with E-state index < -0.39 is 5.97 Å². The Morgan fingerprint density at radius 2 is 2.29 bits per heavy atom. The molecule has 0 radical (unpaired) electrons. The second kappa shape index (κ2) is 4.85. The highest BCUT2D eigenvalue weighted by Gasteiger charge is 2.15. The second-order valence-electron chi connectivity index (χ2n) is 2.53. The lowest BCUT2D eigenvalue weighted by Crippen LogP contribution is -2.02. The number of benzene rings is 1. The first-order chi connectivity index (χ1) is 6.74. The van der Waals surface area contributed by atoms with Gasteiger partial charge in [0.2, 0.25) is 0 Å². The number of ether oxygens (including phenoxy) is 1. The minimum Gasteiger partial charge on any atom is -0.465 e. The SMILES string of the molecule is COC(=O)c1cccc(CBr)c1N=O. The molecule has 0 saturated carbocycles. The van der Waals surface area contributed by atoms with Crippen LogP contribution in [0, 0.1) is 4.91 Å². The molecule has 5 heteroatoms. The molecule has 0 aliphatic rings. The highest BCUT2D eigenvalue weighted by atomic mass is 79.9. The van der Waals surface area contributed by atoms with Crippen molar-refractivity contribution < 1.29 is 9.53 Å². The number of alkyl halides is 1. The van der Waals surface area contributed by atoms with E-state index >= 15 is 0 Å². The second-order valence-corrected chi connectivity index (χ2v) is 3.09. The van der Waals surface area contributed by atoms with Crippen molar-refractivity contribution in [3.63, 3.8) is 0 Å². The van der Waals surface area contributed by atoms with Crippen molar-refractivity contribution in [2.45, 2.75) is 5.33 Å². The molecule has 0 bridgehead atoms. The van der Waals surface area contributed by atoms with Crippen molar-refractivity contribution in [2.24, 2.45) is 5.18 Å². The highest BCUT2D eigenvalue weighted by molar-refractivity contribution is 9.08. The minimum absolute atomic E-state index is 0.135. The summed E-state index contributed by atoms with van der Waals surface area (Å²) >= 11 is 3.20. The van der Waals surface area contributed by atoms with Gasteiger partial charge < -0.3 is 4.74 Å². The van der Waals surface area contributed by atoms with Crippen molar-refractivity contribution in [1.29, 1.82) is 0 Å². The quantitative estimate of drug-likeness (QED) is 0.475. The lowest BCUT2D eigenvalue weighted by molar-refractivity contribution is 0.0601. The van der Waals surface area contributed by atoms with Gasteiger partial charge in [-0.2, -0.15) is 0 Å². The summed E-state index contributed by atoms with van der Waals surface area (Å²) in [7, 11) is 1.26. The van der Waals surface area contributed by atoms with Crippen molar-refractivity contribution in [3.05, 3.63) is 34.2 Å². The van der Waals surface area contributed by atoms with Crippen LogP contribution in [-0.4, -0.2) is 13.1 Å². The van der Waals surface area contributed by atoms with E-state index in [2.05, 4.69) is 25.8 Å². The molecule has 0 atom stereocenters. The van der Waals surface area contributed by atoms with Gasteiger partial charge in [0.15, 0.2) is 0 Å². The Morgan fingerprint density at radius 1 is 1.57 bits per heavy atom. The molecule has 1 rings (SSSR count). The Kier molecular flexibility index (Phi) is 3.76. The lowest BCUT2D eigenvalue weighted by atomic mass is 10.1. The summed E-state index contributed by atoms with van der Waals surface area (Å²) in [5, 5.41) is 3.30. The normalized spacial score (nSPS) is 9.57. The van der Waals surface area contributed by atoms with Gasteiger partial charge in [-0.1, -0.05) is 28.1 Å². The number of nitrogens with zero attached hydrogens (tertiary/aromatic N) is 1. The number of carbonyl (C=O) groups excluding carboxylic acids is 1. The summed E-state index contributed by atoms with van der Waals surface area (Å²) in [6.45, 7) is 0. The summed E-state index contributed by atoms with van der Waals surface area (Å²) < 4.78 is 4.53. The first kappa shape index (κ1) is 10.8. The van der Waals surface area contributed by atoms with E-state index in [0.29, 0.717) is 10.9 Å². The Labute approximate surface area is 89.4 Å². The summed E-state index contributed by atoms with van der Waals surface area (Å²) in [4.78, 5) is 21.8. The fourth-order valence-corrected chi connectivity index (χ4v) is 1.53. The monoisotopic (exact) mass is 257 g/mol. The van der Waals surface area contributed by atoms with Gasteiger partial charge in [0, 0.05) is 5.33 Å². The van der Waals surface area contributed by atoms with E-state index in [1.54, 1.807) is 12.1 Å². The van der Waals surface area contributed by atoms with Crippen LogP contribution >= 0.6 is 15.9 Å². The van der Waals surface area contributed by atoms with E-state index in [1.807, 2.05) is 0 Å². The Morgan fingerprint density at radius 3 is 2.79 bits per heavy atom. The maximum atomic E-state index is 11.2. The average molecular weight is 258 g/mol. The molecule has 0 unspecified atom stereocenters. The largest absolute Gasteiger partial charge is 0.465 e. The van der Waals surface area contributed by atoms with Gasteiger partial charge in [-0.05, 0) is 16.8 Å². The molecule has 0 saturated heterocycles. The van der Waals surface area contributed by atoms with Crippen molar-refractivity contribution in [1.82, 2.24) is 0 Å². The first-order valence-corrected chi connectivity index (χ1v) is 4.96. The summed E-state index contributed by atoms with van der Waals surface area (Å²) in [5.41, 5.74) is 0.999. The molecular formula is C9H8BrNO3. The van der Waals surface area contributed by atoms with E-state index in [4.69, 9.17) is 0 Å². The van der Waals surface area contributed by atoms with E-state index in [0.717, 1.165) is 0 Å². The Hall–Kier alpha value is -1.23. The molecular weight excluding hydrogens is 250 g/mol. The zero-order valence-electron chi connectivity index (χ0n) is 7.49. The van der Waals surface area contributed by atoms with Gasteiger partial charge in [-0.3, -0.25) is 0 Å². The maximum absolute atomic E-state index is 11.2. The standard InChI is InChI=1S/C9H8BrNO3/c1-14-9(12)7-4-2-3-6(5-10)8(7)11-13/h2-4H,5H2,1H3. The topological polar surface area (TPSA) is 55.7 Å². The van der Waals surface area contributed by atoms with Crippen molar-refractivity contribution in [2.75, 3.05) is 7.11 Å². The summed E-state index contributed by atoms with van der Waals surface area (Å²) in [6.07, 6.45) is 0. The van der Waals surface area contributed by atoms with Crippen LogP contribution in [-0.2, 0) is 10.1 Å². The molecule has 14 heavy (non-hydrogen) atoms. The van der Waals surface area contributed by atoms with Gasteiger partial charge in [0.1, 0.15) is 5.69 Å². The van der Waals surface area contributed by atoms with Crippen LogP contribution in [0.15, 0.2) is 23.4 Å². The molecule has 1 aromatic rings. The van der Waals surface area contributed by atoms with Gasteiger partial charge in [0.05, 0.1) is 12.7 Å². The predicted molar refractivity (Wildman–Crippen MR) is 55.9 cm³/mol. The molecule has 0 aliphatic carbocycles. The number of methoxy groups -OCH3 is 1. The fraction of sp³-hybridized carbons (Fsp3) is 0.222. The molecule has 0 fully saturated rings. The summed E-state index contributed by atoms with van der Waals surface area (Å²) in [5.74, 6) is -0.553. The van der Waals surface area contributed by atoms with Crippen LogP contribution in [0.1, 0.15) is 15.9 Å². The van der Waals surface area contributed by atoms with E-state index in [9.17, 15) is 9.70 Å². The smallest absolute Gasteiger partial charge is 0.340 e. The minimum atomic E-state index is -0.553. The molecule has 0 aliphatic heterocycles. The van der Waals surface area contributed by atoms with Crippen LogP contribution < -0.4 is 0 Å². The number of nitroso groups, excluding NO2 is 1. The number of hydrogen-bond acceptors (Lipinski definition) is 4. The third kappa shape index (κ3) is 1.98. The van der Waals surface area contributed by atoms with Gasteiger partial charge in [0.25, 0.3) is 0 Å². The van der Waals surface area contributed by atoms with Crippen LogP contribution in [0.3, 0.4) is 0 Å². The van der Waals surface area contributed by atoms with Crippen molar-refractivity contribution in [3.8, 4) is 0 Å². The number of carbonyl (C=O) groups is 1. The maximum Gasteiger partial charge on any atom is 0.340 e. The predicted octanol–water partition coefficient (Wildman–Crippen LogP) is 2.77. The van der Waals surface area contributed by atoms with Crippen LogP contribution in [0.2, 0.25) is 0 Å². The van der Waals surface area contributed by atoms with Crippen LogP contribution in [0.4, 0.5) is 5.69 Å². The van der Waals surface area contributed by atoms with Gasteiger partial charge >= 0.3 is 5.97 Å². The lowest BCUT2D eigenvalue weighted by Gasteiger charge is -2.04. The number of hydrogen-bond donors (Lipinski definition) is 0. The molecule has 0 spiro atoms. The molecule has 74 valence electrons. The average Bonchev–Trinajstić information content (AvgIpc) is 2.26. The first-order valence-electron chi connectivity index (χ1n) is 3.84. The third-order valence-electron chi connectivity index (χ3n) is 1.76. The molecule has 0 amide bonds. The van der Waals surface area contributed by atoms with Crippen molar-refractivity contribution >= 4 is 27.6 Å². The Balaban J connectivity index is 3.28. The third-order valence-corrected chi connectivity index (χ3v) is 2.36. The van der Waals surface area contributed by atoms with Crippen LogP contribution in [0.5, 0.6) is 0 Å². The van der Waals surface area contributed by atoms with Crippen LogP contribution in [0.25, 0.3) is 0 Å². The zero-order valence-corrected chi connectivity index (χ0v) is 9.08. The Bertz CT molecular complexity index is 365. The number of esters is 1. The highest BCUT2D eigenvalue weighted by Crippen LogP contribution is 2.26. The number of halogens is 1. The summed E-state index contributed by atoms with van der Waals surface area (Å²) in [6, 6.07) is 4.91. The molecule has 4 nitrogen and oxygen atoms in total. The molecule has 1 aromatic carbocycles. The van der Waals surface area contributed by atoms with Gasteiger partial charge in [-0.25, -0.2) is 4.79 Å². The number of rotatable bonds is 3. The molecule has 0 N–H and O–H groups in total. The fourth-order valence-electron chi connectivity index (χ4n) is 1.08. The van der Waals surface area contributed by atoms with E-state index in [1.165, 1.54) is 13.2 Å². The zero-order chi connectivity index (χ0) is 10.6. The molecule has 0 aromatic heterocycles. The van der Waals surface area contributed by atoms with Gasteiger partial charge in [-0.15, -0.1) is 4.91 Å². The molecule has 0 heterocycles.